The minimum Gasteiger partial charge on any atom is -0.493 e. The summed E-state index contributed by atoms with van der Waals surface area (Å²) >= 11 is 0. The minimum atomic E-state index is -0.717. The third-order valence-electron chi connectivity index (χ3n) is 3.59. The van der Waals surface area contributed by atoms with E-state index in [-0.39, 0.29) is 5.56 Å². The lowest BCUT2D eigenvalue weighted by Gasteiger charge is -2.13. The van der Waals surface area contributed by atoms with E-state index in [9.17, 15) is 14.4 Å². The van der Waals surface area contributed by atoms with Crippen LogP contribution in [0.3, 0.4) is 0 Å². The molecule has 2 rings (SSSR count). The highest BCUT2D eigenvalue weighted by atomic mass is 16.5. The lowest BCUT2D eigenvalue weighted by molar-refractivity contribution is -0.123. The highest BCUT2D eigenvalue weighted by Gasteiger charge is 2.16. The Bertz CT molecular complexity index is 832. The van der Waals surface area contributed by atoms with Crippen LogP contribution in [0.4, 0.5) is 0 Å². The number of benzene rings is 2. The summed E-state index contributed by atoms with van der Waals surface area (Å²) in [7, 11) is 1.47. The fraction of sp³-hybridized carbons (Fsp3) is 0.286. The van der Waals surface area contributed by atoms with Gasteiger partial charge >= 0.3 is 5.97 Å². The van der Waals surface area contributed by atoms with E-state index in [0.29, 0.717) is 29.6 Å². The number of carbonyl (C=O) groups excluding carboxylic acids is 3. The van der Waals surface area contributed by atoms with Crippen molar-refractivity contribution in [3.05, 3.63) is 59.7 Å². The van der Waals surface area contributed by atoms with E-state index in [1.54, 1.807) is 36.4 Å². The maximum atomic E-state index is 12.2. The van der Waals surface area contributed by atoms with Gasteiger partial charge in [-0.25, -0.2) is 4.79 Å². The normalized spacial score (nSPS) is 10.3. The molecule has 0 aromatic heterocycles. The van der Waals surface area contributed by atoms with E-state index in [4.69, 9.17) is 14.2 Å². The molecule has 0 aliphatic heterocycles. The zero-order valence-corrected chi connectivity index (χ0v) is 16.1. The molecule has 0 heterocycles. The van der Waals surface area contributed by atoms with E-state index in [0.717, 1.165) is 0 Å². The monoisotopic (exact) mass is 385 g/mol. The van der Waals surface area contributed by atoms with Crippen LogP contribution in [0.2, 0.25) is 0 Å². The van der Waals surface area contributed by atoms with Gasteiger partial charge in [-0.05, 0) is 36.2 Å². The number of imide groups is 1. The molecule has 28 heavy (non-hydrogen) atoms. The molecule has 0 saturated carbocycles. The maximum absolute atomic E-state index is 12.2. The maximum Gasteiger partial charge on any atom is 0.338 e. The average Bonchev–Trinajstić information content (AvgIpc) is 2.70. The summed E-state index contributed by atoms with van der Waals surface area (Å²) < 4.78 is 15.8. The second kappa shape index (κ2) is 10.1. The molecule has 7 nitrogen and oxygen atoms in total. The number of rotatable bonds is 8. The van der Waals surface area contributed by atoms with Crippen molar-refractivity contribution in [1.82, 2.24) is 5.32 Å². The summed E-state index contributed by atoms with van der Waals surface area (Å²) in [5, 5.41) is 2.16. The number of ether oxygens (including phenoxy) is 3. The predicted molar refractivity (Wildman–Crippen MR) is 103 cm³/mol. The van der Waals surface area contributed by atoms with Gasteiger partial charge in [0.2, 0.25) is 0 Å². The molecule has 0 saturated heterocycles. The Morgan fingerprint density at radius 2 is 1.68 bits per heavy atom. The molecular weight excluding hydrogens is 362 g/mol. The number of hydrogen-bond acceptors (Lipinski definition) is 6. The quantitative estimate of drug-likeness (QED) is 0.703. The smallest absolute Gasteiger partial charge is 0.338 e. The van der Waals surface area contributed by atoms with Gasteiger partial charge in [-0.15, -0.1) is 0 Å². The molecule has 0 fully saturated rings. The van der Waals surface area contributed by atoms with E-state index in [1.807, 2.05) is 13.8 Å². The fourth-order valence-corrected chi connectivity index (χ4v) is 2.21. The molecule has 0 spiro atoms. The van der Waals surface area contributed by atoms with Gasteiger partial charge < -0.3 is 14.2 Å². The lowest BCUT2D eigenvalue weighted by Crippen LogP contribution is -2.34. The van der Waals surface area contributed by atoms with Crippen molar-refractivity contribution >= 4 is 17.8 Å². The Morgan fingerprint density at radius 1 is 0.964 bits per heavy atom. The average molecular weight is 385 g/mol. The van der Waals surface area contributed by atoms with Crippen LogP contribution in [0.1, 0.15) is 34.6 Å². The molecule has 0 aliphatic rings. The summed E-state index contributed by atoms with van der Waals surface area (Å²) in [6.07, 6.45) is 0. The van der Waals surface area contributed by atoms with Gasteiger partial charge in [0, 0.05) is 5.56 Å². The Labute approximate surface area is 163 Å². The fourth-order valence-electron chi connectivity index (χ4n) is 2.21. The van der Waals surface area contributed by atoms with Crippen molar-refractivity contribution in [3.63, 3.8) is 0 Å². The first-order valence-corrected chi connectivity index (χ1v) is 8.78. The van der Waals surface area contributed by atoms with Crippen molar-refractivity contribution in [1.29, 1.82) is 0 Å². The number of carbonyl (C=O) groups is 3. The number of hydrogen-bond donors (Lipinski definition) is 1. The standard InChI is InChI=1S/C21H23NO6/c1-14(2)12-27-17-10-9-16(11-18(17)26-3)21(25)28-13-19(23)22-20(24)15-7-5-4-6-8-15/h4-11,14H,12-13H2,1-3H3,(H,22,23,24). The molecule has 7 heteroatoms. The highest BCUT2D eigenvalue weighted by molar-refractivity contribution is 6.05. The van der Waals surface area contributed by atoms with E-state index in [2.05, 4.69) is 5.32 Å². The third-order valence-corrected chi connectivity index (χ3v) is 3.59. The van der Waals surface area contributed by atoms with Crippen molar-refractivity contribution < 1.29 is 28.6 Å². The Hall–Kier alpha value is -3.35. The zero-order chi connectivity index (χ0) is 20.5. The first kappa shape index (κ1) is 21.0. The SMILES string of the molecule is COc1cc(C(=O)OCC(=O)NC(=O)c2ccccc2)ccc1OCC(C)C. The Morgan fingerprint density at radius 3 is 2.32 bits per heavy atom. The number of methoxy groups -OCH3 is 1. The van der Waals surface area contributed by atoms with Crippen LogP contribution < -0.4 is 14.8 Å². The van der Waals surface area contributed by atoms with Crippen molar-refractivity contribution in [2.24, 2.45) is 5.92 Å². The number of esters is 1. The van der Waals surface area contributed by atoms with Crippen LogP contribution in [-0.2, 0) is 9.53 Å². The Balaban J connectivity index is 1.91. The van der Waals surface area contributed by atoms with Crippen molar-refractivity contribution in [2.75, 3.05) is 20.3 Å². The molecule has 148 valence electrons. The molecule has 2 amide bonds. The Kier molecular flexibility index (Phi) is 7.56. The van der Waals surface area contributed by atoms with Crippen LogP contribution in [0.5, 0.6) is 11.5 Å². The summed E-state index contributed by atoms with van der Waals surface area (Å²) in [6.45, 7) is 3.97. The summed E-state index contributed by atoms with van der Waals surface area (Å²) in [4.78, 5) is 35.9. The molecule has 0 unspecified atom stereocenters. The molecule has 0 aliphatic carbocycles. The molecule has 0 bridgehead atoms. The van der Waals surface area contributed by atoms with Gasteiger partial charge in [0.1, 0.15) is 0 Å². The van der Waals surface area contributed by atoms with E-state index < -0.39 is 24.4 Å². The first-order chi connectivity index (χ1) is 13.4. The second-order valence-electron chi connectivity index (χ2n) is 6.39. The minimum absolute atomic E-state index is 0.205. The molecule has 0 radical (unpaired) electrons. The lowest BCUT2D eigenvalue weighted by atomic mass is 10.2. The van der Waals surface area contributed by atoms with Crippen molar-refractivity contribution in [2.45, 2.75) is 13.8 Å². The topological polar surface area (TPSA) is 90.9 Å². The summed E-state index contributed by atoms with van der Waals surface area (Å²) in [6, 6.07) is 12.9. The largest absolute Gasteiger partial charge is 0.493 e. The van der Waals surface area contributed by atoms with Gasteiger partial charge in [0.05, 0.1) is 19.3 Å². The van der Waals surface area contributed by atoms with Crippen LogP contribution in [0.15, 0.2) is 48.5 Å². The number of nitrogens with one attached hydrogen (secondary N) is 1. The molecule has 1 N–H and O–H groups in total. The van der Waals surface area contributed by atoms with Crippen LogP contribution in [0.25, 0.3) is 0 Å². The van der Waals surface area contributed by atoms with Gasteiger partial charge in [-0.2, -0.15) is 0 Å². The van der Waals surface area contributed by atoms with Crippen LogP contribution in [-0.4, -0.2) is 38.1 Å². The number of amides is 2. The first-order valence-electron chi connectivity index (χ1n) is 8.78. The van der Waals surface area contributed by atoms with Gasteiger partial charge in [-0.1, -0.05) is 32.0 Å². The van der Waals surface area contributed by atoms with E-state index in [1.165, 1.54) is 19.2 Å². The molecule has 0 atom stereocenters. The third kappa shape index (κ3) is 6.12. The van der Waals surface area contributed by atoms with Gasteiger partial charge in [0.25, 0.3) is 11.8 Å². The highest BCUT2D eigenvalue weighted by Crippen LogP contribution is 2.28. The zero-order valence-electron chi connectivity index (χ0n) is 16.1. The molecular formula is C21H23NO6. The van der Waals surface area contributed by atoms with Crippen LogP contribution in [0, 0.1) is 5.92 Å². The van der Waals surface area contributed by atoms with Gasteiger partial charge in [0.15, 0.2) is 18.1 Å². The van der Waals surface area contributed by atoms with Gasteiger partial charge in [-0.3, -0.25) is 14.9 Å². The van der Waals surface area contributed by atoms with Crippen molar-refractivity contribution in [3.8, 4) is 11.5 Å². The summed E-state index contributed by atoms with van der Waals surface area (Å²) in [5.74, 6) is -0.749. The second-order valence-corrected chi connectivity index (χ2v) is 6.39. The molecule has 2 aromatic carbocycles. The van der Waals surface area contributed by atoms with E-state index >= 15 is 0 Å². The predicted octanol–water partition coefficient (Wildman–Crippen LogP) is 2.84. The summed E-state index contributed by atoms with van der Waals surface area (Å²) in [5.41, 5.74) is 0.542. The van der Waals surface area contributed by atoms with Crippen LogP contribution >= 0.6 is 0 Å². The molecule has 2 aromatic rings.